The second-order valence-electron chi connectivity index (χ2n) is 4.16. The Kier molecular flexibility index (Phi) is 3.99. The van der Waals surface area contributed by atoms with Crippen molar-refractivity contribution in [2.24, 2.45) is 0 Å². The van der Waals surface area contributed by atoms with Gasteiger partial charge in [-0.05, 0) is 19.1 Å². The molecule has 17 heavy (non-hydrogen) atoms. The molecule has 1 aliphatic carbocycles. The number of anilines is 1. The molecular formula is C10H16N2O2S3. The minimum atomic E-state index is -3.26. The van der Waals surface area contributed by atoms with E-state index in [1.807, 2.05) is 6.26 Å². The summed E-state index contributed by atoms with van der Waals surface area (Å²) in [6.07, 6.45) is 6.52. The van der Waals surface area contributed by atoms with Crippen LogP contribution in [0, 0.1) is 0 Å². The molecule has 1 aliphatic rings. The van der Waals surface area contributed by atoms with Crippen molar-refractivity contribution in [2.75, 3.05) is 12.0 Å². The molecule has 0 bridgehead atoms. The lowest BCUT2D eigenvalue weighted by atomic mass is 10.0. The van der Waals surface area contributed by atoms with Crippen molar-refractivity contribution < 1.29 is 8.42 Å². The molecule has 0 spiro atoms. The van der Waals surface area contributed by atoms with Crippen molar-refractivity contribution in [1.82, 2.24) is 4.98 Å². The summed E-state index contributed by atoms with van der Waals surface area (Å²) in [7, 11) is -3.26. The number of rotatable bonds is 3. The Morgan fingerprint density at radius 2 is 2.00 bits per heavy atom. The summed E-state index contributed by atoms with van der Waals surface area (Å²) < 4.78 is 25.8. The summed E-state index contributed by atoms with van der Waals surface area (Å²) in [4.78, 5) is 4.07. The number of hydrogen-bond acceptors (Lipinski definition) is 6. The van der Waals surface area contributed by atoms with E-state index >= 15 is 0 Å². The Balaban J connectivity index is 2.33. The molecule has 2 rings (SSSR count). The van der Waals surface area contributed by atoms with Crippen LogP contribution in [0.3, 0.4) is 0 Å². The number of hydrogen-bond donors (Lipinski definition) is 1. The average Bonchev–Trinajstić information content (AvgIpc) is 2.72. The number of nitrogens with two attached hydrogens (primary N) is 1. The van der Waals surface area contributed by atoms with E-state index in [-0.39, 0.29) is 15.3 Å². The lowest BCUT2D eigenvalue weighted by Crippen LogP contribution is -2.24. The van der Waals surface area contributed by atoms with E-state index in [9.17, 15) is 8.42 Å². The summed E-state index contributed by atoms with van der Waals surface area (Å²) in [5, 5.41) is -0.256. The minimum Gasteiger partial charge on any atom is -0.382 e. The maximum absolute atomic E-state index is 12.4. The molecule has 1 heterocycles. The molecule has 0 atom stereocenters. The molecule has 1 aromatic rings. The number of nitrogens with zero attached hydrogens (tertiary/aromatic N) is 1. The van der Waals surface area contributed by atoms with Gasteiger partial charge < -0.3 is 5.73 Å². The summed E-state index contributed by atoms with van der Waals surface area (Å²) >= 11 is 2.63. The molecule has 0 aliphatic heterocycles. The molecule has 0 aromatic carbocycles. The molecule has 0 radical (unpaired) electrons. The van der Waals surface area contributed by atoms with Gasteiger partial charge in [-0.1, -0.05) is 42.4 Å². The predicted molar refractivity (Wildman–Crippen MR) is 72.4 cm³/mol. The Hall–Kier alpha value is -0.270. The maximum Gasteiger partial charge on any atom is 0.194 e. The van der Waals surface area contributed by atoms with E-state index in [4.69, 9.17) is 5.73 Å². The Labute approximate surface area is 110 Å². The zero-order chi connectivity index (χ0) is 12.5. The van der Waals surface area contributed by atoms with Crippen LogP contribution < -0.4 is 5.73 Å². The van der Waals surface area contributed by atoms with Gasteiger partial charge in [0.15, 0.2) is 24.2 Å². The van der Waals surface area contributed by atoms with Crippen molar-refractivity contribution >= 4 is 38.8 Å². The van der Waals surface area contributed by atoms with E-state index in [2.05, 4.69) is 4.98 Å². The highest BCUT2D eigenvalue weighted by Crippen LogP contribution is 2.36. The van der Waals surface area contributed by atoms with Crippen LogP contribution in [-0.4, -0.2) is 24.9 Å². The summed E-state index contributed by atoms with van der Waals surface area (Å²) in [6, 6.07) is 0. The fraction of sp³-hybridized carbons (Fsp3) is 0.700. The zero-order valence-electron chi connectivity index (χ0n) is 9.68. The number of sulfone groups is 1. The van der Waals surface area contributed by atoms with Crippen molar-refractivity contribution in [2.45, 2.75) is 45.9 Å². The molecule has 96 valence electrons. The molecule has 2 N–H and O–H groups in total. The molecule has 0 amide bonds. The highest BCUT2D eigenvalue weighted by molar-refractivity contribution is 8.01. The average molecular weight is 292 g/mol. The van der Waals surface area contributed by atoms with Gasteiger partial charge in [-0.3, -0.25) is 0 Å². The molecular weight excluding hydrogens is 276 g/mol. The third kappa shape index (κ3) is 2.61. The third-order valence-electron chi connectivity index (χ3n) is 3.02. The first-order valence-corrected chi connectivity index (χ1v) is 9.18. The first-order chi connectivity index (χ1) is 8.05. The summed E-state index contributed by atoms with van der Waals surface area (Å²) in [6.45, 7) is 0. The molecule has 4 nitrogen and oxygen atoms in total. The quantitative estimate of drug-likeness (QED) is 0.867. The van der Waals surface area contributed by atoms with Crippen molar-refractivity contribution in [3.63, 3.8) is 0 Å². The predicted octanol–water partition coefficient (Wildman–Crippen LogP) is 2.55. The summed E-state index contributed by atoms with van der Waals surface area (Å²) in [5.74, 6) is 0.171. The second-order valence-corrected chi connectivity index (χ2v) is 8.64. The van der Waals surface area contributed by atoms with Gasteiger partial charge >= 0.3 is 0 Å². The van der Waals surface area contributed by atoms with Crippen LogP contribution in [0.4, 0.5) is 5.82 Å². The van der Waals surface area contributed by atoms with E-state index in [0.717, 1.165) is 36.4 Å². The monoisotopic (exact) mass is 292 g/mol. The van der Waals surface area contributed by atoms with Gasteiger partial charge in [0.05, 0.1) is 5.25 Å². The fourth-order valence-corrected chi connectivity index (χ4v) is 6.20. The highest BCUT2D eigenvalue weighted by atomic mass is 32.2. The van der Waals surface area contributed by atoms with Crippen LogP contribution in [-0.2, 0) is 9.84 Å². The van der Waals surface area contributed by atoms with Crippen LogP contribution in [0.15, 0.2) is 8.55 Å². The van der Waals surface area contributed by atoms with Gasteiger partial charge in [-0.2, -0.15) is 0 Å². The standard InChI is InChI=1S/C10H16N2O2S3/c1-15-10-12-8(11)9(16-10)17(13,14)7-5-3-2-4-6-7/h7H,2-6,11H2,1H3. The van der Waals surface area contributed by atoms with Gasteiger partial charge in [0, 0.05) is 0 Å². The largest absolute Gasteiger partial charge is 0.382 e. The number of nitrogen functional groups attached to an aromatic ring is 1. The van der Waals surface area contributed by atoms with E-state index in [1.165, 1.54) is 23.1 Å². The van der Waals surface area contributed by atoms with Crippen molar-refractivity contribution in [3.8, 4) is 0 Å². The lowest BCUT2D eigenvalue weighted by Gasteiger charge is -2.20. The van der Waals surface area contributed by atoms with Crippen LogP contribution in [0.2, 0.25) is 0 Å². The fourth-order valence-electron chi connectivity index (χ4n) is 2.12. The first kappa shape index (κ1) is 13.2. The molecule has 0 saturated heterocycles. The molecule has 1 fully saturated rings. The Morgan fingerprint density at radius 1 is 1.35 bits per heavy atom. The van der Waals surface area contributed by atoms with E-state index < -0.39 is 9.84 Å². The topological polar surface area (TPSA) is 73.0 Å². The number of aromatic nitrogens is 1. The molecule has 1 saturated carbocycles. The SMILES string of the molecule is CSc1nc(N)c(S(=O)(=O)C2CCCCC2)s1. The van der Waals surface area contributed by atoms with E-state index in [0.29, 0.717) is 0 Å². The van der Waals surface area contributed by atoms with Gasteiger partial charge in [0.1, 0.15) is 0 Å². The van der Waals surface area contributed by atoms with Gasteiger partial charge in [0.2, 0.25) is 0 Å². The van der Waals surface area contributed by atoms with Crippen LogP contribution >= 0.6 is 23.1 Å². The molecule has 0 unspecified atom stereocenters. The smallest absolute Gasteiger partial charge is 0.194 e. The van der Waals surface area contributed by atoms with Crippen molar-refractivity contribution in [3.05, 3.63) is 0 Å². The maximum atomic E-state index is 12.4. The Morgan fingerprint density at radius 3 is 2.53 bits per heavy atom. The molecule has 1 aromatic heterocycles. The van der Waals surface area contributed by atoms with Crippen LogP contribution in [0.25, 0.3) is 0 Å². The van der Waals surface area contributed by atoms with Crippen LogP contribution in [0.5, 0.6) is 0 Å². The first-order valence-electron chi connectivity index (χ1n) is 5.60. The van der Waals surface area contributed by atoms with Crippen LogP contribution in [0.1, 0.15) is 32.1 Å². The Bertz CT molecular complexity index is 490. The van der Waals surface area contributed by atoms with Gasteiger partial charge in [-0.15, -0.1) is 0 Å². The normalized spacial score (nSPS) is 18.4. The minimum absolute atomic E-state index is 0.171. The van der Waals surface area contributed by atoms with Crippen molar-refractivity contribution in [1.29, 1.82) is 0 Å². The van der Waals surface area contributed by atoms with Gasteiger partial charge in [0.25, 0.3) is 0 Å². The lowest BCUT2D eigenvalue weighted by molar-refractivity contribution is 0.484. The van der Waals surface area contributed by atoms with Gasteiger partial charge in [-0.25, -0.2) is 13.4 Å². The summed E-state index contributed by atoms with van der Waals surface area (Å²) in [5.41, 5.74) is 5.72. The second kappa shape index (κ2) is 5.16. The highest BCUT2D eigenvalue weighted by Gasteiger charge is 2.32. The molecule has 7 heteroatoms. The number of thioether (sulfide) groups is 1. The zero-order valence-corrected chi connectivity index (χ0v) is 12.1. The van der Waals surface area contributed by atoms with E-state index in [1.54, 1.807) is 0 Å². The third-order valence-corrected chi connectivity index (χ3v) is 7.90. The number of thiazole rings is 1.